The first kappa shape index (κ1) is 15.3. The molecule has 1 fully saturated rings. The predicted octanol–water partition coefficient (Wildman–Crippen LogP) is 2.62. The maximum atomic E-state index is 5.46. The van der Waals surface area contributed by atoms with Gasteiger partial charge in [0.05, 0.1) is 0 Å². The highest BCUT2D eigenvalue weighted by atomic mass is 16.5. The Morgan fingerprint density at radius 1 is 1.29 bits per heavy atom. The van der Waals surface area contributed by atoms with E-state index in [1.54, 1.807) is 10.8 Å². The van der Waals surface area contributed by atoms with Crippen LogP contribution in [0.15, 0.2) is 29.2 Å². The van der Waals surface area contributed by atoms with Crippen molar-refractivity contribution in [3.8, 4) is 0 Å². The lowest BCUT2D eigenvalue weighted by Gasteiger charge is -2.30. The molecule has 0 spiro atoms. The summed E-state index contributed by atoms with van der Waals surface area (Å²) in [6.45, 7) is 7.20. The molecule has 24 heavy (non-hydrogen) atoms. The minimum atomic E-state index is 0.315. The molecule has 0 aromatic carbocycles. The van der Waals surface area contributed by atoms with Crippen LogP contribution in [0.2, 0.25) is 0 Å². The van der Waals surface area contributed by atoms with E-state index in [4.69, 9.17) is 4.52 Å². The normalized spacial score (nSPS) is 17.1. The van der Waals surface area contributed by atoms with Crippen molar-refractivity contribution in [2.45, 2.75) is 45.1 Å². The van der Waals surface area contributed by atoms with Crippen molar-refractivity contribution >= 4 is 5.65 Å². The van der Waals surface area contributed by atoms with Crippen molar-refractivity contribution in [3.05, 3.63) is 41.9 Å². The smallest absolute Gasteiger partial charge is 0.229 e. The molecule has 1 aliphatic rings. The van der Waals surface area contributed by atoms with Gasteiger partial charge in [0.1, 0.15) is 6.33 Å². The quantitative estimate of drug-likeness (QED) is 0.734. The second-order valence-corrected chi connectivity index (χ2v) is 6.79. The van der Waals surface area contributed by atoms with Gasteiger partial charge in [-0.15, -0.1) is 0 Å². The van der Waals surface area contributed by atoms with Gasteiger partial charge in [-0.2, -0.15) is 10.1 Å². The Morgan fingerprint density at radius 3 is 2.88 bits per heavy atom. The summed E-state index contributed by atoms with van der Waals surface area (Å²) < 4.78 is 7.25. The molecule has 1 aliphatic heterocycles. The van der Waals surface area contributed by atoms with E-state index >= 15 is 0 Å². The number of hydrogen-bond donors (Lipinski definition) is 0. The molecular formula is C17H22N6O. The molecule has 3 aromatic rings. The van der Waals surface area contributed by atoms with Crippen LogP contribution in [0.25, 0.3) is 5.65 Å². The second kappa shape index (κ2) is 6.32. The van der Waals surface area contributed by atoms with Crippen LogP contribution < -0.4 is 0 Å². The van der Waals surface area contributed by atoms with E-state index in [9.17, 15) is 0 Å². The summed E-state index contributed by atoms with van der Waals surface area (Å²) in [5.74, 6) is 2.33. The molecule has 0 bridgehead atoms. The minimum absolute atomic E-state index is 0.315. The number of fused-ring (bicyclic) bond motifs is 1. The first-order valence-corrected chi connectivity index (χ1v) is 8.53. The van der Waals surface area contributed by atoms with Gasteiger partial charge in [-0.3, -0.25) is 4.90 Å². The van der Waals surface area contributed by atoms with E-state index in [1.165, 1.54) is 5.56 Å². The average Bonchev–Trinajstić information content (AvgIpc) is 3.24. The molecule has 0 unspecified atom stereocenters. The molecule has 0 N–H and O–H groups in total. The lowest BCUT2D eigenvalue weighted by atomic mass is 9.96. The fourth-order valence-electron chi connectivity index (χ4n) is 3.20. The molecule has 4 heterocycles. The van der Waals surface area contributed by atoms with Crippen LogP contribution in [0.1, 0.15) is 55.8 Å². The standard InChI is InChI=1S/C17H22N6O/c1-12(2)16-20-17(24-21-16)14-4-6-22(7-5-14)10-13-3-8-23-15(9-13)18-11-19-23/h3,8-9,11-12,14H,4-7,10H2,1-2H3. The zero-order chi connectivity index (χ0) is 16.5. The van der Waals surface area contributed by atoms with Crippen LogP contribution in [0.4, 0.5) is 0 Å². The molecule has 126 valence electrons. The van der Waals surface area contributed by atoms with Gasteiger partial charge < -0.3 is 4.52 Å². The summed E-state index contributed by atoms with van der Waals surface area (Å²) in [6.07, 6.45) is 5.68. The largest absolute Gasteiger partial charge is 0.339 e. The van der Waals surface area contributed by atoms with Crippen LogP contribution in [0.3, 0.4) is 0 Å². The van der Waals surface area contributed by atoms with Crippen LogP contribution in [-0.4, -0.2) is 42.7 Å². The van der Waals surface area contributed by atoms with Crippen molar-refractivity contribution in [2.75, 3.05) is 13.1 Å². The van der Waals surface area contributed by atoms with E-state index in [0.29, 0.717) is 11.8 Å². The van der Waals surface area contributed by atoms with Gasteiger partial charge in [0.25, 0.3) is 0 Å². The third-order valence-electron chi connectivity index (χ3n) is 4.66. The summed E-state index contributed by atoms with van der Waals surface area (Å²) >= 11 is 0. The fourth-order valence-corrected chi connectivity index (χ4v) is 3.20. The van der Waals surface area contributed by atoms with Crippen molar-refractivity contribution in [3.63, 3.8) is 0 Å². The maximum Gasteiger partial charge on any atom is 0.229 e. The van der Waals surface area contributed by atoms with Gasteiger partial charge in [0.2, 0.25) is 5.89 Å². The van der Waals surface area contributed by atoms with Crippen LogP contribution in [0, 0.1) is 0 Å². The first-order valence-electron chi connectivity index (χ1n) is 8.53. The highest BCUT2D eigenvalue weighted by Crippen LogP contribution is 2.28. The molecule has 1 saturated heterocycles. The number of nitrogens with zero attached hydrogens (tertiary/aromatic N) is 6. The third kappa shape index (κ3) is 3.03. The Labute approximate surface area is 140 Å². The summed E-state index contributed by atoms with van der Waals surface area (Å²) in [5, 5.41) is 8.22. The van der Waals surface area contributed by atoms with E-state index in [-0.39, 0.29) is 0 Å². The Hall–Kier alpha value is -2.28. The zero-order valence-electron chi connectivity index (χ0n) is 14.1. The van der Waals surface area contributed by atoms with Gasteiger partial charge in [-0.25, -0.2) is 9.50 Å². The molecule has 7 heteroatoms. The first-order chi connectivity index (χ1) is 11.7. The molecule has 0 saturated carbocycles. The number of piperidine rings is 1. The topological polar surface area (TPSA) is 72.4 Å². The summed E-state index contributed by atoms with van der Waals surface area (Å²) in [5.41, 5.74) is 2.17. The van der Waals surface area contributed by atoms with E-state index in [2.05, 4.69) is 51.1 Å². The molecule has 0 amide bonds. The lowest BCUT2D eigenvalue weighted by Crippen LogP contribution is -2.32. The Bertz CT molecular complexity index is 815. The molecule has 4 rings (SSSR count). The van der Waals surface area contributed by atoms with Gasteiger partial charge in [0.15, 0.2) is 11.5 Å². The molecular weight excluding hydrogens is 304 g/mol. The molecule has 0 atom stereocenters. The van der Waals surface area contributed by atoms with Crippen molar-refractivity contribution in [2.24, 2.45) is 0 Å². The van der Waals surface area contributed by atoms with E-state index in [1.807, 2.05) is 6.20 Å². The van der Waals surface area contributed by atoms with Crippen molar-refractivity contribution in [1.29, 1.82) is 0 Å². The summed E-state index contributed by atoms with van der Waals surface area (Å²) in [7, 11) is 0. The molecule has 3 aromatic heterocycles. The van der Waals surface area contributed by atoms with Crippen molar-refractivity contribution < 1.29 is 4.52 Å². The maximum absolute atomic E-state index is 5.46. The minimum Gasteiger partial charge on any atom is -0.339 e. The van der Waals surface area contributed by atoms with Gasteiger partial charge in [0, 0.05) is 24.6 Å². The van der Waals surface area contributed by atoms with Gasteiger partial charge >= 0.3 is 0 Å². The zero-order valence-corrected chi connectivity index (χ0v) is 14.1. The molecule has 0 radical (unpaired) electrons. The van der Waals surface area contributed by atoms with Crippen LogP contribution in [0.5, 0.6) is 0 Å². The second-order valence-electron chi connectivity index (χ2n) is 6.79. The highest BCUT2D eigenvalue weighted by Gasteiger charge is 2.25. The molecule has 0 aliphatic carbocycles. The number of likely N-dealkylation sites (tertiary alicyclic amines) is 1. The Kier molecular flexibility index (Phi) is 4.02. The van der Waals surface area contributed by atoms with Crippen LogP contribution >= 0.6 is 0 Å². The monoisotopic (exact) mass is 326 g/mol. The SMILES string of the molecule is CC(C)c1noc(C2CCN(Cc3ccn4ncnc4c3)CC2)n1. The number of rotatable bonds is 4. The third-order valence-corrected chi connectivity index (χ3v) is 4.66. The number of hydrogen-bond acceptors (Lipinski definition) is 6. The van der Waals surface area contributed by atoms with Crippen LogP contribution in [-0.2, 0) is 6.54 Å². The Balaban J connectivity index is 1.36. The fraction of sp³-hybridized carbons (Fsp3) is 0.529. The van der Waals surface area contributed by atoms with Crippen molar-refractivity contribution in [1.82, 2.24) is 29.6 Å². The predicted molar refractivity (Wildman–Crippen MR) is 88.6 cm³/mol. The molecule has 7 nitrogen and oxygen atoms in total. The number of pyridine rings is 1. The van der Waals surface area contributed by atoms with Gasteiger partial charge in [-0.1, -0.05) is 19.0 Å². The van der Waals surface area contributed by atoms with E-state index in [0.717, 1.165) is 49.8 Å². The summed E-state index contributed by atoms with van der Waals surface area (Å²) in [4.78, 5) is 11.3. The summed E-state index contributed by atoms with van der Waals surface area (Å²) in [6, 6.07) is 4.21. The lowest BCUT2D eigenvalue weighted by molar-refractivity contribution is 0.187. The van der Waals surface area contributed by atoms with E-state index < -0.39 is 0 Å². The van der Waals surface area contributed by atoms with Gasteiger partial charge in [-0.05, 0) is 43.6 Å². The number of aromatic nitrogens is 5. The average molecular weight is 326 g/mol. The Morgan fingerprint density at radius 2 is 2.12 bits per heavy atom. The highest BCUT2D eigenvalue weighted by molar-refractivity contribution is 5.39.